The van der Waals surface area contributed by atoms with Crippen LogP contribution in [0.2, 0.25) is 5.02 Å². The van der Waals surface area contributed by atoms with E-state index >= 15 is 0 Å². The second kappa shape index (κ2) is 8.13. The van der Waals surface area contributed by atoms with Gasteiger partial charge >= 0.3 is 6.09 Å². The number of hydrogen-bond donors (Lipinski definition) is 1. The number of rotatable bonds is 4. The summed E-state index contributed by atoms with van der Waals surface area (Å²) in [5.74, 6) is 0. The summed E-state index contributed by atoms with van der Waals surface area (Å²) in [5, 5.41) is 11.6. The average molecular weight is 474 g/mol. The van der Waals surface area contributed by atoms with Crippen molar-refractivity contribution in [3.05, 3.63) is 47.5 Å². The van der Waals surface area contributed by atoms with E-state index in [0.717, 1.165) is 43.3 Å². The predicted octanol–water partition coefficient (Wildman–Crippen LogP) is 4.96. The summed E-state index contributed by atoms with van der Waals surface area (Å²) in [6.07, 6.45) is 1.83. The molecule has 2 saturated heterocycles. The van der Waals surface area contributed by atoms with Gasteiger partial charge < -0.3 is 19.6 Å². The Morgan fingerprint density at radius 3 is 2.53 bits per heavy atom. The monoisotopic (exact) mass is 473 g/mol. The molecular formula is C24H28ClN3O3S. The second-order valence-corrected chi connectivity index (χ2v) is 10.5. The molecule has 0 saturated carbocycles. The molecule has 3 heterocycles. The molecule has 1 unspecified atom stereocenters. The van der Waals surface area contributed by atoms with Crippen LogP contribution in [0.1, 0.15) is 26.2 Å². The highest BCUT2D eigenvalue weighted by atomic mass is 35.5. The number of para-hydroxylation sites is 1. The lowest BCUT2D eigenvalue weighted by Gasteiger charge is -2.44. The number of ether oxygens (including phenoxy) is 1. The van der Waals surface area contributed by atoms with E-state index in [1.807, 2.05) is 6.07 Å². The lowest BCUT2D eigenvalue weighted by atomic mass is 9.82. The topological polar surface area (TPSA) is 56.2 Å². The zero-order valence-corrected chi connectivity index (χ0v) is 20.0. The fourth-order valence-electron chi connectivity index (χ4n) is 5.02. The van der Waals surface area contributed by atoms with Gasteiger partial charge in [-0.3, -0.25) is 4.90 Å². The number of likely N-dealkylation sites (tertiary alicyclic amines) is 1. The molecule has 2 aromatic rings. The first-order valence-corrected chi connectivity index (χ1v) is 12.3. The van der Waals surface area contributed by atoms with Crippen molar-refractivity contribution in [1.82, 2.24) is 9.80 Å². The molecule has 2 aromatic carbocycles. The number of fused-ring (bicyclic) bond motifs is 2. The van der Waals surface area contributed by atoms with Crippen LogP contribution < -0.4 is 4.90 Å². The molecule has 3 aliphatic rings. The van der Waals surface area contributed by atoms with Crippen molar-refractivity contribution in [1.29, 1.82) is 0 Å². The normalized spacial score (nSPS) is 24.4. The summed E-state index contributed by atoms with van der Waals surface area (Å²) >= 11 is 8.11. The van der Waals surface area contributed by atoms with Crippen molar-refractivity contribution < 1.29 is 14.6 Å². The lowest BCUT2D eigenvalue weighted by Crippen LogP contribution is -2.59. The number of carbonyl (C=O) groups excluding carboxylic acids is 1. The van der Waals surface area contributed by atoms with E-state index < -0.39 is 17.4 Å². The smallest absolute Gasteiger partial charge is 0.412 e. The largest absolute Gasteiger partial charge is 0.437 e. The maximum absolute atomic E-state index is 12.0. The minimum Gasteiger partial charge on any atom is -0.437 e. The van der Waals surface area contributed by atoms with Crippen molar-refractivity contribution in [3.8, 4) is 0 Å². The van der Waals surface area contributed by atoms with E-state index in [0.29, 0.717) is 12.8 Å². The summed E-state index contributed by atoms with van der Waals surface area (Å²) in [4.78, 5) is 20.6. The summed E-state index contributed by atoms with van der Waals surface area (Å²) in [5.41, 5.74) is 0.306. The van der Waals surface area contributed by atoms with Crippen LogP contribution in [0.4, 0.5) is 16.2 Å². The summed E-state index contributed by atoms with van der Waals surface area (Å²) < 4.78 is 5.64. The number of amides is 1. The Balaban J connectivity index is 1.24. The van der Waals surface area contributed by atoms with Crippen molar-refractivity contribution in [2.75, 3.05) is 38.1 Å². The van der Waals surface area contributed by atoms with Crippen LogP contribution in [-0.4, -0.2) is 65.6 Å². The molecule has 0 aromatic heterocycles. The quantitative estimate of drug-likeness (QED) is 0.677. The Kier molecular flexibility index (Phi) is 5.56. The lowest BCUT2D eigenvalue weighted by molar-refractivity contribution is -0.160. The predicted molar refractivity (Wildman–Crippen MR) is 127 cm³/mol. The van der Waals surface area contributed by atoms with Gasteiger partial charge in [-0.25, -0.2) is 4.79 Å². The van der Waals surface area contributed by atoms with E-state index in [1.54, 1.807) is 25.7 Å². The van der Waals surface area contributed by atoms with E-state index in [-0.39, 0.29) is 0 Å². The molecular weight excluding hydrogens is 446 g/mol. The van der Waals surface area contributed by atoms with Gasteiger partial charge in [0.1, 0.15) is 0 Å². The standard InChI is InChI=1S/C24H28ClN3O3S/c1-23(30)24(31-22(29)26(23)2)10-14-27(15-11-24)12-5-13-28-18-6-3-4-7-20(18)32-21-9-8-17(25)16-19(21)28/h3-4,6-9,16,30H,5,10-15H2,1-2H3. The number of nitrogens with zero attached hydrogens (tertiary/aromatic N) is 3. The third-order valence-corrected chi connectivity index (χ3v) is 8.55. The van der Waals surface area contributed by atoms with Gasteiger partial charge in [-0.15, -0.1) is 0 Å². The third-order valence-electron chi connectivity index (χ3n) is 7.18. The number of carbonyl (C=O) groups is 1. The van der Waals surface area contributed by atoms with Gasteiger partial charge in [0.15, 0.2) is 11.3 Å². The minimum absolute atomic E-state index is 0.442. The molecule has 170 valence electrons. The van der Waals surface area contributed by atoms with Crippen molar-refractivity contribution >= 4 is 40.8 Å². The van der Waals surface area contributed by atoms with Gasteiger partial charge in [-0.05, 0) is 50.2 Å². The summed E-state index contributed by atoms with van der Waals surface area (Å²) in [6, 6.07) is 14.6. The maximum atomic E-state index is 12.0. The second-order valence-electron chi connectivity index (χ2n) is 8.97. The molecule has 1 atom stereocenters. The molecule has 0 aliphatic carbocycles. The Labute approximate surface area is 198 Å². The van der Waals surface area contributed by atoms with Crippen LogP contribution >= 0.6 is 23.4 Å². The van der Waals surface area contributed by atoms with Gasteiger partial charge in [-0.1, -0.05) is 35.5 Å². The molecule has 1 N–H and O–H groups in total. The van der Waals surface area contributed by atoms with Crippen LogP contribution in [0.15, 0.2) is 52.3 Å². The highest BCUT2D eigenvalue weighted by molar-refractivity contribution is 7.99. The SMILES string of the molecule is CN1C(=O)OC2(CCN(CCCN3c4ccccc4Sc4ccc(Cl)cc43)CC2)C1(C)O. The fraction of sp³-hybridized carbons (Fsp3) is 0.458. The fourth-order valence-corrected chi connectivity index (χ4v) is 6.27. The van der Waals surface area contributed by atoms with E-state index in [4.69, 9.17) is 16.3 Å². The summed E-state index contributed by atoms with van der Waals surface area (Å²) in [7, 11) is 1.60. The molecule has 6 nitrogen and oxygen atoms in total. The zero-order valence-electron chi connectivity index (χ0n) is 18.4. The molecule has 0 radical (unpaired) electrons. The minimum atomic E-state index is -1.27. The van der Waals surface area contributed by atoms with Crippen LogP contribution in [0, 0.1) is 0 Å². The molecule has 2 fully saturated rings. The van der Waals surface area contributed by atoms with Gasteiger partial charge in [0.05, 0.1) is 11.4 Å². The molecule has 1 amide bonds. The number of likely N-dealkylation sites (N-methyl/N-ethyl adjacent to an activating group) is 1. The van der Waals surface area contributed by atoms with Gasteiger partial charge in [0.2, 0.25) is 0 Å². The van der Waals surface area contributed by atoms with E-state index in [1.165, 1.54) is 20.4 Å². The highest BCUT2D eigenvalue weighted by Gasteiger charge is 2.61. The maximum Gasteiger partial charge on any atom is 0.412 e. The molecule has 32 heavy (non-hydrogen) atoms. The zero-order chi connectivity index (χ0) is 22.5. The van der Waals surface area contributed by atoms with Crippen molar-refractivity contribution in [2.45, 2.75) is 47.3 Å². The Bertz CT molecular complexity index is 1040. The first kappa shape index (κ1) is 21.9. The molecule has 5 rings (SSSR count). The van der Waals surface area contributed by atoms with Gasteiger partial charge in [-0.2, -0.15) is 0 Å². The number of anilines is 2. The molecule has 3 aliphatic heterocycles. The summed E-state index contributed by atoms with van der Waals surface area (Å²) in [6.45, 7) is 5.12. The van der Waals surface area contributed by atoms with Crippen LogP contribution in [0.3, 0.4) is 0 Å². The Morgan fingerprint density at radius 1 is 1.09 bits per heavy atom. The first-order chi connectivity index (χ1) is 15.3. The molecule has 1 spiro atoms. The van der Waals surface area contributed by atoms with Crippen molar-refractivity contribution in [2.24, 2.45) is 0 Å². The Hall–Kier alpha value is -1.93. The number of aliphatic hydroxyl groups is 1. The van der Waals surface area contributed by atoms with Crippen LogP contribution in [0.25, 0.3) is 0 Å². The number of halogens is 1. The Morgan fingerprint density at radius 2 is 1.81 bits per heavy atom. The van der Waals surface area contributed by atoms with Gasteiger partial charge in [0, 0.05) is 54.3 Å². The molecule has 8 heteroatoms. The highest BCUT2D eigenvalue weighted by Crippen LogP contribution is 2.49. The van der Waals surface area contributed by atoms with E-state index in [2.05, 4.69) is 46.2 Å². The number of piperidine rings is 1. The van der Waals surface area contributed by atoms with E-state index in [9.17, 15) is 9.90 Å². The van der Waals surface area contributed by atoms with Crippen molar-refractivity contribution in [3.63, 3.8) is 0 Å². The number of hydrogen-bond acceptors (Lipinski definition) is 6. The average Bonchev–Trinajstić information content (AvgIpc) is 2.94. The number of benzene rings is 2. The van der Waals surface area contributed by atoms with Crippen LogP contribution in [-0.2, 0) is 4.74 Å². The van der Waals surface area contributed by atoms with Crippen LogP contribution in [0.5, 0.6) is 0 Å². The third kappa shape index (κ3) is 3.55. The first-order valence-electron chi connectivity index (χ1n) is 11.1. The van der Waals surface area contributed by atoms with Gasteiger partial charge in [0.25, 0.3) is 0 Å². The molecule has 0 bridgehead atoms.